The number of aromatic nitrogens is 1. The molecule has 8 nitrogen and oxygen atoms in total. The Labute approximate surface area is 139 Å². The van der Waals surface area contributed by atoms with E-state index in [1.807, 2.05) is 6.07 Å². The number of carbonyl (C=O) groups excluding carboxylic acids is 2. The minimum atomic E-state index is -0.326. The Hall–Kier alpha value is -3.03. The summed E-state index contributed by atoms with van der Waals surface area (Å²) in [5, 5.41) is 11.9. The Kier molecular flexibility index (Phi) is 5.78. The first-order chi connectivity index (χ1) is 11.5. The normalized spacial score (nSPS) is 10.1. The molecule has 3 amide bonds. The summed E-state index contributed by atoms with van der Waals surface area (Å²) in [4.78, 5) is 23.0. The first kappa shape index (κ1) is 17.3. The van der Waals surface area contributed by atoms with Gasteiger partial charge in [0.05, 0.1) is 19.3 Å². The van der Waals surface area contributed by atoms with Gasteiger partial charge < -0.3 is 25.2 Å². The Morgan fingerprint density at radius 3 is 2.58 bits per heavy atom. The third kappa shape index (κ3) is 5.01. The largest absolute Gasteiger partial charge is 0.495 e. The summed E-state index contributed by atoms with van der Waals surface area (Å²) in [5.74, 6) is 1.05. The maximum absolute atomic E-state index is 11.8. The van der Waals surface area contributed by atoms with Crippen LogP contribution >= 0.6 is 0 Å². The molecule has 24 heavy (non-hydrogen) atoms. The maximum Gasteiger partial charge on any atom is 0.315 e. The lowest BCUT2D eigenvalue weighted by molar-refractivity contribution is -0.114. The fraction of sp³-hybridized carbons (Fsp3) is 0.312. The number of nitrogens with one attached hydrogen (secondary N) is 3. The van der Waals surface area contributed by atoms with Crippen molar-refractivity contribution in [2.24, 2.45) is 0 Å². The number of hydrogen-bond donors (Lipinski definition) is 3. The van der Waals surface area contributed by atoms with E-state index in [2.05, 4.69) is 21.1 Å². The molecule has 0 radical (unpaired) electrons. The number of methoxy groups -OCH3 is 1. The molecule has 1 aromatic carbocycles. The van der Waals surface area contributed by atoms with Gasteiger partial charge in [-0.25, -0.2) is 4.79 Å². The first-order valence-electron chi connectivity index (χ1n) is 7.36. The number of carbonyl (C=O) groups is 2. The van der Waals surface area contributed by atoms with Crippen LogP contribution in [-0.4, -0.2) is 24.2 Å². The van der Waals surface area contributed by atoms with Crippen molar-refractivity contribution in [2.45, 2.75) is 26.9 Å². The highest BCUT2D eigenvalue weighted by Gasteiger charge is 2.08. The van der Waals surface area contributed by atoms with Crippen LogP contribution in [0.5, 0.6) is 5.75 Å². The predicted octanol–water partition coefficient (Wildman–Crippen LogP) is 1.95. The van der Waals surface area contributed by atoms with Gasteiger partial charge in [-0.2, -0.15) is 0 Å². The molecule has 0 bridgehead atoms. The van der Waals surface area contributed by atoms with Crippen LogP contribution in [0.4, 0.5) is 10.5 Å². The quantitative estimate of drug-likeness (QED) is 0.750. The number of amides is 3. The molecule has 0 aliphatic rings. The summed E-state index contributed by atoms with van der Waals surface area (Å²) in [6.45, 7) is 3.79. The van der Waals surface area contributed by atoms with Crippen molar-refractivity contribution in [3.05, 3.63) is 41.3 Å². The number of ether oxygens (including phenoxy) is 1. The maximum atomic E-state index is 11.8. The fourth-order valence-electron chi connectivity index (χ4n) is 2.07. The highest BCUT2D eigenvalue weighted by Crippen LogP contribution is 2.25. The minimum absolute atomic E-state index is 0.195. The molecule has 0 saturated heterocycles. The average Bonchev–Trinajstić information content (AvgIpc) is 2.96. The molecule has 8 heteroatoms. The van der Waals surface area contributed by atoms with E-state index in [1.165, 1.54) is 14.0 Å². The van der Waals surface area contributed by atoms with Crippen LogP contribution in [0.1, 0.15) is 23.9 Å². The van der Waals surface area contributed by atoms with Gasteiger partial charge in [0.1, 0.15) is 17.2 Å². The second-order valence-electron chi connectivity index (χ2n) is 5.18. The van der Waals surface area contributed by atoms with Crippen LogP contribution in [0.25, 0.3) is 0 Å². The lowest BCUT2D eigenvalue weighted by Crippen LogP contribution is -2.34. The summed E-state index contributed by atoms with van der Waals surface area (Å²) in [7, 11) is 1.53. The monoisotopic (exact) mass is 332 g/mol. The van der Waals surface area contributed by atoms with E-state index in [4.69, 9.17) is 9.26 Å². The topological polar surface area (TPSA) is 105 Å². The van der Waals surface area contributed by atoms with E-state index in [-0.39, 0.29) is 18.5 Å². The molecule has 0 unspecified atom stereocenters. The third-order valence-corrected chi connectivity index (χ3v) is 3.13. The number of urea groups is 1. The summed E-state index contributed by atoms with van der Waals surface area (Å²) in [6, 6.07) is 6.72. The van der Waals surface area contributed by atoms with Crippen molar-refractivity contribution in [2.75, 3.05) is 12.4 Å². The Morgan fingerprint density at radius 2 is 1.96 bits per heavy atom. The molecule has 3 N–H and O–H groups in total. The van der Waals surface area contributed by atoms with Gasteiger partial charge in [0.25, 0.3) is 0 Å². The highest BCUT2D eigenvalue weighted by molar-refractivity contribution is 5.90. The number of rotatable bonds is 6. The summed E-state index contributed by atoms with van der Waals surface area (Å²) < 4.78 is 10.1. The van der Waals surface area contributed by atoms with E-state index in [0.717, 1.165) is 5.56 Å². The zero-order valence-corrected chi connectivity index (χ0v) is 13.8. The standard InChI is InChI=1S/C16H20N4O4/c1-10-6-13(20-24-10)9-18-16(22)17-8-12-4-5-15(23-3)14(7-12)19-11(2)21/h4-7H,8-9H2,1-3H3,(H,19,21)(H2,17,18,22). The molecule has 0 aliphatic carbocycles. The van der Waals surface area contributed by atoms with Crippen molar-refractivity contribution in [1.82, 2.24) is 15.8 Å². The fourth-order valence-corrected chi connectivity index (χ4v) is 2.07. The summed E-state index contributed by atoms with van der Waals surface area (Å²) in [6.07, 6.45) is 0. The molecule has 0 fully saturated rings. The van der Waals surface area contributed by atoms with Gasteiger partial charge in [-0.3, -0.25) is 4.79 Å². The van der Waals surface area contributed by atoms with Crippen molar-refractivity contribution < 1.29 is 18.8 Å². The van der Waals surface area contributed by atoms with E-state index < -0.39 is 0 Å². The van der Waals surface area contributed by atoms with Crippen LogP contribution in [0.15, 0.2) is 28.8 Å². The summed E-state index contributed by atoms with van der Waals surface area (Å²) >= 11 is 0. The van der Waals surface area contributed by atoms with E-state index in [0.29, 0.717) is 29.4 Å². The Bertz CT molecular complexity index is 727. The molecule has 0 spiro atoms. The Balaban J connectivity index is 1.88. The van der Waals surface area contributed by atoms with Crippen molar-refractivity contribution in [3.8, 4) is 5.75 Å². The number of aryl methyl sites for hydroxylation is 1. The zero-order valence-electron chi connectivity index (χ0n) is 13.8. The molecule has 2 rings (SSSR count). The average molecular weight is 332 g/mol. The molecule has 1 heterocycles. The Morgan fingerprint density at radius 1 is 1.21 bits per heavy atom. The van der Waals surface area contributed by atoms with Crippen molar-refractivity contribution in [1.29, 1.82) is 0 Å². The van der Waals surface area contributed by atoms with Crippen molar-refractivity contribution in [3.63, 3.8) is 0 Å². The van der Waals surface area contributed by atoms with Crippen molar-refractivity contribution >= 4 is 17.6 Å². The van der Waals surface area contributed by atoms with Gasteiger partial charge in [0, 0.05) is 19.5 Å². The molecule has 2 aromatic rings. The third-order valence-electron chi connectivity index (χ3n) is 3.13. The SMILES string of the molecule is COc1ccc(CNC(=O)NCc2cc(C)on2)cc1NC(C)=O. The van der Waals surface area contributed by atoms with E-state index >= 15 is 0 Å². The van der Waals surface area contributed by atoms with Crippen LogP contribution < -0.4 is 20.7 Å². The highest BCUT2D eigenvalue weighted by atomic mass is 16.5. The van der Waals surface area contributed by atoms with Gasteiger partial charge in [0.2, 0.25) is 5.91 Å². The van der Waals surface area contributed by atoms with Gasteiger partial charge in [0.15, 0.2) is 0 Å². The minimum Gasteiger partial charge on any atom is -0.495 e. The van der Waals surface area contributed by atoms with Crippen LogP contribution in [-0.2, 0) is 17.9 Å². The number of benzene rings is 1. The number of anilines is 1. The van der Waals surface area contributed by atoms with Gasteiger partial charge >= 0.3 is 6.03 Å². The van der Waals surface area contributed by atoms with E-state index in [1.54, 1.807) is 25.1 Å². The van der Waals surface area contributed by atoms with Crippen LogP contribution in [0.3, 0.4) is 0 Å². The lowest BCUT2D eigenvalue weighted by atomic mass is 10.2. The molecule has 0 aliphatic heterocycles. The molecule has 1 aromatic heterocycles. The molecule has 0 atom stereocenters. The van der Waals surface area contributed by atoms with E-state index in [9.17, 15) is 9.59 Å². The van der Waals surface area contributed by atoms with Gasteiger partial charge in [-0.1, -0.05) is 11.2 Å². The first-order valence-corrected chi connectivity index (χ1v) is 7.36. The molecule has 0 saturated carbocycles. The zero-order chi connectivity index (χ0) is 17.5. The van der Waals surface area contributed by atoms with Crippen LogP contribution in [0, 0.1) is 6.92 Å². The summed E-state index contributed by atoms with van der Waals surface area (Å²) in [5.41, 5.74) is 2.04. The molecule has 128 valence electrons. The van der Waals surface area contributed by atoms with Gasteiger partial charge in [-0.15, -0.1) is 0 Å². The second-order valence-corrected chi connectivity index (χ2v) is 5.18. The van der Waals surface area contributed by atoms with Crippen LogP contribution in [0.2, 0.25) is 0 Å². The van der Waals surface area contributed by atoms with Gasteiger partial charge in [-0.05, 0) is 24.6 Å². The number of nitrogens with zero attached hydrogens (tertiary/aromatic N) is 1. The second kappa shape index (κ2) is 8.00. The lowest BCUT2D eigenvalue weighted by Gasteiger charge is -2.12. The smallest absolute Gasteiger partial charge is 0.315 e. The number of hydrogen-bond acceptors (Lipinski definition) is 5. The molecular formula is C16H20N4O4. The molecular weight excluding hydrogens is 312 g/mol. The predicted molar refractivity (Wildman–Crippen MR) is 87.6 cm³/mol.